The van der Waals surface area contributed by atoms with Crippen LogP contribution in [-0.2, 0) is 0 Å². The third kappa shape index (κ3) is 5.38. The van der Waals surface area contributed by atoms with Gasteiger partial charge in [0.05, 0.1) is 11.0 Å². The second-order valence-electron chi connectivity index (χ2n) is 12.6. The van der Waals surface area contributed by atoms with Gasteiger partial charge >= 0.3 is 0 Å². The maximum Gasteiger partial charge on any atom is 0.164 e. The topological polar surface area (TPSA) is 43.6 Å². The van der Waals surface area contributed by atoms with Gasteiger partial charge in [0.2, 0.25) is 0 Å². The van der Waals surface area contributed by atoms with Crippen molar-refractivity contribution in [2.24, 2.45) is 0 Å². The molecular formula is C43H34N4. The summed E-state index contributed by atoms with van der Waals surface area (Å²) in [7, 11) is 0. The van der Waals surface area contributed by atoms with Crippen LogP contribution in [0.1, 0.15) is 22.3 Å². The van der Waals surface area contributed by atoms with Crippen molar-refractivity contribution in [2.45, 2.75) is 27.7 Å². The highest BCUT2D eigenvalue weighted by molar-refractivity contribution is 6.11. The Hall–Kier alpha value is -5.87. The van der Waals surface area contributed by atoms with Crippen LogP contribution in [0.4, 0.5) is 0 Å². The number of rotatable bonds is 5. The van der Waals surface area contributed by atoms with Crippen molar-refractivity contribution in [2.75, 3.05) is 0 Å². The standard InChI is InChI=1S/C43H34N4/c1-27-19-28(2)22-34(21-27)42-44-41(45-43(46-42)35-23-29(3)20-30(4)24-35)33-16-18-40-38(26-33)37-25-32(31-11-7-5-8-12-31)15-17-39(37)47(40)36-13-9-6-10-14-36/h5-26H,1-4H3. The van der Waals surface area contributed by atoms with Crippen LogP contribution in [-0.4, -0.2) is 19.5 Å². The third-order valence-corrected chi connectivity index (χ3v) is 8.74. The summed E-state index contributed by atoms with van der Waals surface area (Å²) in [5, 5.41) is 2.34. The highest BCUT2D eigenvalue weighted by Crippen LogP contribution is 2.37. The Morgan fingerprint density at radius 1 is 0.362 bits per heavy atom. The lowest BCUT2D eigenvalue weighted by Crippen LogP contribution is -2.01. The van der Waals surface area contributed by atoms with Gasteiger partial charge in [-0.25, -0.2) is 15.0 Å². The van der Waals surface area contributed by atoms with E-state index < -0.39 is 0 Å². The van der Waals surface area contributed by atoms with Gasteiger partial charge in [0.1, 0.15) is 0 Å². The predicted molar refractivity (Wildman–Crippen MR) is 195 cm³/mol. The molecule has 226 valence electrons. The van der Waals surface area contributed by atoms with Crippen LogP contribution in [0.25, 0.3) is 72.8 Å². The maximum atomic E-state index is 5.11. The minimum atomic E-state index is 0.657. The van der Waals surface area contributed by atoms with E-state index in [1.807, 2.05) is 0 Å². The summed E-state index contributed by atoms with van der Waals surface area (Å²) in [4.78, 5) is 15.3. The van der Waals surface area contributed by atoms with Gasteiger partial charge in [-0.1, -0.05) is 89.0 Å². The Labute approximate surface area is 275 Å². The first kappa shape index (κ1) is 28.6. The lowest BCUT2D eigenvalue weighted by atomic mass is 10.0. The summed E-state index contributed by atoms with van der Waals surface area (Å²) in [5.74, 6) is 2.01. The molecule has 0 bridgehead atoms. The molecule has 2 aromatic heterocycles. The van der Waals surface area contributed by atoms with E-state index in [4.69, 9.17) is 15.0 Å². The Bertz CT molecular complexity index is 2330. The zero-order chi connectivity index (χ0) is 32.1. The molecule has 6 aromatic carbocycles. The van der Waals surface area contributed by atoms with Crippen molar-refractivity contribution >= 4 is 21.8 Å². The second-order valence-corrected chi connectivity index (χ2v) is 12.6. The van der Waals surface area contributed by atoms with Crippen molar-refractivity contribution in [1.29, 1.82) is 0 Å². The fourth-order valence-corrected chi connectivity index (χ4v) is 6.80. The Balaban J connectivity index is 1.38. The molecule has 0 saturated heterocycles. The Morgan fingerprint density at radius 2 is 0.787 bits per heavy atom. The van der Waals surface area contributed by atoms with Crippen LogP contribution >= 0.6 is 0 Å². The quantitative estimate of drug-likeness (QED) is 0.196. The number of hydrogen-bond acceptors (Lipinski definition) is 3. The lowest BCUT2D eigenvalue weighted by Gasteiger charge is -2.11. The molecule has 2 heterocycles. The molecule has 0 aliphatic heterocycles. The SMILES string of the molecule is Cc1cc(C)cc(-c2nc(-c3cc(C)cc(C)c3)nc(-c3ccc4c(c3)c3cc(-c5ccccc5)ccc3n4-c3ccccc3)n2)c1. The summed E-state index contributed by atoms with van der Waals surface area (Å²) < 4.78 is 2.35. The second kappa shape index (κ2) is 11.5. The van der Waals surface area contributed by atoms with Crippen LogP contribution in [0.2, 0.25) is 0 Å². The van der Waals surface area contributed by atoms with Crippen molar-refractivity contribution in [3.8, 4) is 51.0 Å². The van der Waals surface area contributed by atoms with Crippen LogP contribution in [0.5, 0.6) is 0 Å². The molecular weight excluding hydrogens is 573 g/mol. The van der Waals surface area contributed by atoms with Crippen molar-refractivity contribution in [3.63, 3.8) is 0 Å². The van der Waals surface area contributed by atoms with Crippen LogP contribution in [0.15, 0.2) is 133 Å². The number of fused-ring (bicyclic) bond motifs is 3. The molecule has 0 atom stereocenters. The summed E-state index contributed by atoms with van der Waals surface area (Å²) in [5.41, 5.74) is 13.5. The van der Waals surface area contributed by atoms with Crippen LogP contribution in [0, 0.1) is 27.7 Å². The molecule has 0 N–H and O–H groups in total. The van der Waals surface area contributed by atoms with E-state index in [9.17, 15) is 0 Å². The minimum Gasteiger partial charge on any atom is -0.309 e. The van der Waals surface area contributed by atoms with Gasteiger partial charge in [0, 0.05) is 33.2 Å². The van der Waals surface area contributed by atoms with Crippen LogP contribution < -0.4 is 0 Å². The van der Waals surface area contributed by atoms with Gasteiger partial charge in [0.25, 0.3) is 0 Å². The molecule has 0 amide bonds. The van der Waals surface area contributed by atoms with E-state index in [2.05, 4.69) is 166 Å². The van der Waals surface area contributed by atoms with E-state index >= 15 is 0 Å². The average molecular weight is 607 g/mol. The monoisotopic (exact) mass is 606 g/mol. The highest BCUT2D eigenvalue weighted by atomic mass is 15.0. The van der Waals surface area contributed by atoms with Gasteiger partial charge in [-0.2, -0.15) is 0 Å². The number of aryl methyl sites for hydroxylation is 4. The first-order chi connectivity index (χ1) is 22.9. The number of para-hydroxylation sites is 1. The molecule has 0 fully saturated rings. The average Bonchev–Trinajstić information content (AvgIpc) is 3.41. The molecule has 8 aromatic rings. The van der Waals surface area contributed by atoms with Gasteiger partial charge in [-0.15, -0.1) is 0 Å². The molecule has 0 saturated carbocycles. The molecule has 0 spiro atoms. The van der Waals surface area contributed by atoms with Gasteiger partial charge in [0.15, 0.2) is 17.5 Å². The fourth-order valence-electron chi connectivity index (χ4n) is 6.80. The molecule has 0 unspecified atom stereocenters. The van der Waals surface area contributed by atoms with Crippen molar-refractivity contribution < 1.29 is 0 Å². The first-order valence-corrected chi connectivity index (χ1v) is 16.0. The third-order valence-electron chi connectivity index (χ3n) is 8.74. The van der Waals surface area contributed by atoms with E-state index in [1.165, 1.54) is 38.8 Å². The molecule has 8 rings (SSSR count). The molecule has 47 heavy (non-hydrogen) atoms. The zero-order valence-electron chi connectivity index (χ0n) is 27.0. The molecule has 0 radical (unpaired) electrons. The smallest absolute Gasteiger partial charge is 0.164 e. The van der Waals surface area contributed by atoms with Gasteiger partial charge in [-0.05, 0) is 106 Å². The minimum absolute atomic E-state index is 0.657. The highest BCUT2D eigenvalue weighted by Gasteiger charge is 2.18. The molecule has 4 nitrogen and oxygen atoms in total. The predicted octanol–water partition coefficient (Wildman–Crippen LogP) is 10.9. The summed E-state index contributed by atoms with van der Waals surface area (Å²) in [6, 6.07) is 47.5. The Kier molecular flexibility index (Phi) is 6.99. The van der Waals surface area contributed by atoms with Crippen LogP contribution in [0.3, 0.4) is 0 Å². The van der Waals surface area contributed by atoms with E-state index in [0.717, 1.165) is 38.8 Å². The molecule has 4 heteroatoms. The number of benzene rings is 6. The van der Waals surface area contributed by atoms with E-state index in [-0.39, 0.29) is 0 Å². The summed E-state index contributed by atoms with van der Waals surface area (Å²) in [6.45, 7) is 8.46. The largest absolute Gasteiger partial charge is 0.309 e. The van der Waals surface area contributed by atoms with Crippen molar-refractivity contribution in [1.82, 2.24) is 19.5 Å². The van der Waals surface area contributed by atoms with Crippen molar-refractivity contribution in [3.05, 3.63) is 156 Å². The normalized spacial score (nSPS) is 11.4. The summed E-state index contributed by atoms with van der Waals surface area (Å²) in [6.07, 6.45) is 0. The number of aromatic nitrogens is 4. The maximum absolute atomic E-state index is 5.11. The summed E-state index contributed by atoms with van der Waals surface area (Å²) >= 11 is 0. The zero-order valence-corrected chi connectivity index (χ0v) is 27.0. The lowest BCUT2D eigenvalue weighted by molar-refractivity contribution is 1.07. The fraction of sp³-hybridized carbons (Fsp3) is 0.0930. The number of nitrogens with zero attached hydrogens (tertiary/aromatic N) is 4. The van der Waals surface area contributed by atoms with Gasteiger partial charge in [-0.3, -0.25) is 0 Å². The molecule has 0 aliphatic rings. The molecule has 0 aliphatic carbocycles. The Morgan fingerprint density at radius 3 is 1.30 bits per heavy atom. The van der Waals surface area contributed by atoms with E-state index in [0.29, 0.717) is 17.5 Å². The first-order valence-electron chi connectivity index (χ1n) is 16.0. The number of hydrogen-bond donors (Lipinski definition) is 0. The van der Waals surface area contributed by atoms with E-state index in [1.54, 1.807) is 0 Å². The van der Waals surface area contributed by atoms with Gasteiger partial charge < -0.3 is 4.57 Å².